The number of hydrogen-bond acceptors (Lipinski definition) is 3. The summed E-state index contributed by atoms with van der Waals surface area (Å²) in [6.07, 6.45) is 9.99. The summed E-state index contributed by atoms with van der Waals surface area (Å²) >= 11 is 0. The molecule has 0 amide bonds. The zero-order valence-electron chi connectivity index (χ0n) is 14.4. The summed E-state index contributed by atoms with van der Waals surface area (Å²) in [4.78, 5) is 2.57. The first-order chi connectivity index (χ1) is 10.6. The average Bonchev–Trinajstić information content (AvgIpc) is 3.19. The summed E-state index contributed by atoms with van der Waals surface area (Å²) < 4.78 is 12.3. The van der Waals surface area contributed by atoms with Crippen LogP contribution in [0.25, 0.3) is 0 Å². The number of fused-ring (bicyclic) bond motifs is 2. The van der Waals surface area contributed by atoms with E-state index < -0.39 is 0 Å². The summed E-state index contributed by atoms with van der Waals surface area (Å²) in [7, 11) is 0. The van der Waals surface area contributed by atoms with E-state index in [0.717, 1.165) is 37.3 Å². The fraction of sp³-hybridized carbons (Fsp3) is 1.00. The van der Waals surface area contributed by atoms with Crippen molar-refractivity contribution in [1.29, 1.82) is 0 Å². The minimum atomic E-state index is 0.0680. The van der Waals surface area contributed by atoms with Crippen LogP contribution in [0.5, 0.6) is 0 Å². The van der Waals surface area contributed by atoms with E-state index in [0.29, 0.717) is 11.5 Å². The molecule has 0 unspecified atom stereocenters. The van der Waals surface area contributed by atoms with Gasteiger partial charge in [-0.15, -0.1) is 0 Å². The Labute approximate surface area is 135 Å². The molecule has 0 aromatic heterocycles. The van der Waals surface area contributed by atoms with E-state index in [4.69, 9.17) is 9.47 Å². The van der Waals surface area contributed by atoms with Crippen LogP contribution < -0.4 is 0 Å². The van der Waals surface area contributed by atoms with Gasteiger partial charge >= 0.3 is 0 Å². The Bertz CT molecular complexity index is 391. The highest BCUT2D eigenvalue weighted by atomic mass is 16.7. The van der Waals surface area contributed by atoms with E-state index in [-0.39, 0.29) is 6.29 Å². The van der Waals surface area contributed by atoms with Gasteiger partial charge in [0.15, 0.2) is 6.29 Å². The molecule has 3 nitrogen and oxygen atoms in total. The lowest BCUT2D eigenvalue weighted by atomic mass is 9.67. The number of ether oxygens (including phenoxy) is 2. The number of hydrogen-bond donors (Lipinski definition) is 0. The molecule has 2 saturated heterocycles. The standard InChI is InChI=1S/C19H33NO2/c1-19(2)15-7-6-14(10-15)17(19)11-18-21-13-16(22-18)12-20-8-4-3-5-9-20/h14-18H,3-13H2,1-2H3/t14-,15-,16-,17+,18+/m1/s1. The molecule has 2 aliphatic heterocycles. The highest BCUT2D eigenvalue weighted by molar-refractivity contribution is 5.02. The Balaban J connectivity index is 1.28. The van der Waals surface area contributed by atoms with Crippen molar-refractivity contribution >= 4 is 0 Å². The van der Waals surface area contributed by atoms with Crippen molar-refractivity contribution in [2.75, 3.05) is 26.2 Å². The van der Waals surface area contributed by atoms with Gasteiger partial charge in [-0.3, -0.25) is 0 Å². The van der Waals surface area contributed by atoms with Crippen LogP contribution in [0.4, 0.5) is 0 Å². The molecule has 0 N–H and O–H groups in total. The SMILES string of the molecule is CC1(C)[C@@H]2CC[C@H](C2)[C@@H]1C[C@H]1OC[C@@H](CN2CCCCC2)O1. The quantitative estimate of drug-likeness (QED) is 0.791. The zero-order chi connectivity index (χ0) is 15.2. The van der Waals surface area contributed by atoms with Crippen LogP contribution in [-0.2, 0) is 9.47 Å². The van der Waals surface area contributed by atoms with Crippen LogP contribution in [0, 0.1) is 23.2 Å². The molecular formula is C19H33NO2. The van der Waals surface area contributed by atoms with Crippen molar-refractivity contribution in [3.05, 3.63) is 0 Å². The third-order valence-corrected chi connectivity index (χ3v) is 7.22. The summed E-state index contributed by atoms with van der Waals surface area (Å²) in [6.45, 7) is 9.37. The van der Waals surface area contributed by atoms with Crippen LogP contribution in [0.15, 0.2) is 0 Å². The maximum absolute atomic E-state index is 6.26. The van der Waals surface area contributed by atoms with Gasteiger partial charge in [-0.2, -0.15) is 0 Å². The lowest BCUT2D eigenvalue weighted by molar-refractivity contribution is -0.0909. The van der Waals surface area contributed by atoms with Crippen molar-refractivity contribution in [3.8, 4) is 0 Å². The highest BCUT2D eigenvalue weighted by Gasteiger charge is 2.53. The fourth-order valence-electron chi connectivity index (χ4n) is 5.83. The third kappa shape index (κ3) is 2.85. The second-order valence-corrected chi connectivity index (χ2v) is 8.82. The van der Waals surface area contributed by atoms with Crippen LogP contribution >= 0.6 is 0 Å². The van der Waals surface area contributed by atoms with Gasteiger partial charge < -0.3 is 14.4 Å². The predicted octanol–water partition coefficient (Wildman–Crippen LogP) is 3.68. The molecule has 5 atom stereocenters. The highest BCUT2D eigenvalue weighted by Crippen LogP contribution is 2.60. The first-order valence-corrected chi connectivity index (χ1v) is 9.62. The Kier molecular flexibility index (Phi) is 4.25. The van der Waals surface area contributed by atoms with Gasteiger partial charge in [-0.25, -0.2) is 0 Å². The molecule has 0 aromatic carbocycles. The van der Waals surface area contributed by atoms with Crippen LogP contribution in [0.3, 0.4) is 0 Å². The molecule has 126 valence electrons. The Hall–Kier alpha value is -0.120. The monoisotopic (exact) mass is 307 g/mol. The maximum atomic E-state index is 6.26. The van der Waals surface area contributed by atoms with Crippen molar-refractivity contribution in [3.63, 3.8) is 0 Å². The average molecular weight is 307 g/mol. The second kappa shape index (κ2) is 6.07. The van der Waals surface area contributed by atoms with Crippen LogP contribution in [0.1, 0.15) is 58.8 Å². The molecular weight excluding hydrogens is 274 g/mol. The fourth-order valence-corrected chi connectivity index (χ4v) is 5.83. The minimum absolute atomic E-state index is 0.0680. The number of piperidine rings is 1. The summed E-state index contributed by atoms with van der Waals surface area (Å²) in [5, 5.41) is 0. The summed E-state index contributed by atoms with van der Waals surface area (Å²) in [5.41, 5.74) is 0.501. The van der Waals surface area contributed by atoms with Gasteiger partial charge in [0.2, 0.25) is 0 Å². The molecule has 2 bridgehead atoms. The van der Waals surface area contributed by atoms with Gasteiger partial charge in [0.05, 0.1) is 12.7 Å². The second-order valence-electron chi connectivity index (χ2n) is 8.82. The number of nitrogens with zero attached hydrogens (tertiary/aromatic N) is 1. The van der Waals surface area contributed by atoms with Gasteiger partial charge in [-0.05, 0) is 68.4 Å². The van der Waals surface area contributed by atoms with Gasteiger partial charge in [0.1, 0.15) is 0 Å². The topological polar surface area (TPSA) is 21.7 Å². The molecule has 22 heavy (non-hydrogen) atoms. The Morgan fingerprint density at radius 3 is 2.64 bits per heavy atom. The maximum Gasteiger partial charge on any atom is 0.158 e. The molecule has 3 heteroatoms. The smallest absolute Gasteiger partial charge is 0.158 e. The van der Waals surface area contributed by atoms with E-state index in [1.165, 1.54) is 51.6 Å². The van der Waals surface area contributed by atoms with Crippen molar-refractivity contribution in [2.45, 2.75) is 71.2 Å². The summed E-state index contributed by atoms with van der Waals surface area (Å²) in [5.74, 6) is 2.70. The predicted molar refractivity (Wildman–Crippen MR) is 87.6 cm³/mol. The normalized spacial score (nSPS) is 44.7. The van der Waals surface area contributed by atoms with E-state index in [9.17, 15) is 0 Å². The molecule has 0 radical (unpaired) electrons. The number of rotatable bonds is 4. The molecule has 0 aromatic rings. The minimum Gasteiger partial charge on any atom is -0.350 e. The van der Waals surface area contributed by atoms with Crippen LogP contribution in [0.2, 0.25) is 0 Å². The van der Waals surface area contributed by atoms with Crippen molar-refractivity contribution < 1.29 is 9.47 Å². The van der Waals surface area contributed by atoms with Crippen LogP contribution in [-0.4, -0.2) is 43.5 Å². The van der Waals surface area contributed by atoms with E-state index >= 15 is 0 Å². The molecule has 2 heterocycles. The van der Waals surface area contributed by atoms with Gasteiger partial charge in [0.25, 0.3) is 0 Å². The third-order valence-electron chi connectivity index (χ3n) is 7.22. The Morgan fingerprint density at radius 1 is 1.09 bits per heavy atom. The van der Waals surface area contributed by atoms with Gasteiger partial charge in [0, 0.05) is 13.0 Å². The lowest BCUT2D eigenvalue weighted by Gasteiger charge is -2.39. The first kappa shape index (κ1) is 15.4. The molecule has 4 aliphatic rings. The largest absolute Gasteiger partial charge is 0.350 e. The first-order valence-electron chi connectivity index (χ1n) is 9.62. The van der Waals surface area contributed by atoms with Crippen molar-refractivity contribution in [1.82, 2.24) is 4.90 Å². The van der Waals surface area contributed by atoms with Gasteiger partial charge in [-0.1, -0.05) is 20.3 Å². The molecule has 4 rings (SSSR count). The van der Waals surface area contributed by atoms with E-state index in [2.05, 4.69) is 18.7 Å². The molecule has 4 fully saturated rings. The lowest BCUT2D eigenvalue weighted by Crippen LogP contribution is -2.38. The zero-order valence-corrected chi connectivity index (χ0v) is 14.4. The molecule has 2 aliphatic carbocycles. The number of likely N-dealkylation sites (tertiary alicyclic amines) is 1. The Morgan fingerprint density at radius 2 is 1.91 bits per heavy atom. The van der Waals surface area contributed by atoms with E-state index in [1.54, 1.807) is 0 Å². The molecule has 0 spiro atoms. The van der Waals surface area contributed by atoms with Crippen molar-refractivity contribution in [2.24, 2.45) is 23.2 Å². The molecule has 2 saturated carbocycles. The van der Waals surface area contributed by atoms with E-state index in [1.807, 2.05) is 0 Å². The summed E-state index contributed by atoms with van der Waals surface area (Å²) in [6, 6.07) is 0.